The van der Waals surface area contributed by atoms with E-state index in [1.165, 1.54) is 19.1 Å². The first-order chi connectivity index (χ1) is 6.75. The fourth-order valence-corrected chi connectivity index (χ4v) is 1.90. The number of hydrogen-bond acceptors (Lipinski definition) is 2. The highest BCUT2D eigenvalue weighted by atomic mass is 16.3. The summed E-state index contributed by atoms with van der Waals surface area (Å²) in [5.41, 5.74) is 0.634. The number of hydrogen-bond donors (Lipinski definition) is 1. The Kier molecular flexibility index (Phi) is 2.57. The predicted octanol–water partition coefficient (Wildman–Crippen LogP) is 2.26. The van der Waals surface area contributed by atoms with E-state index in [0.717, 1.165) is 18.6 Å². The molecule has 0 spiro atoms. The van der Waals surface area contributed by atoms with E-state index >= 15 is 0 Å². The van der Waals surface area contributed by atoms with Gasteiger partial charge in [0.1, 0.15) is 12.0 Å². The Morgan fingerprint density at radius 2 is 2.21 bits per heavy atom. The van der Waals surface area contributed by atoms with Crippen molar-refractivity contribution >= 4 is 5.91 Å². The lowest BCUT2D eigenvalue weighted by Crippen LogP contribution is -2.32. The number of carbonyl (C=O) groups excluding carboxylic acids is 1. The molecule has 0 radical (unpaired) electrons. The van der Waals surface area contributed by atoms with E-state index in [0.29, 0.717) is 11.6 Å². The molecule has 1 fully saturated rings. The number of aryl methyl sites for hydroxylation is 1. The second-order valence-corrected chi connectivity index (χ2v) is 3.90. The summed E-state index contributed by atoms with van der Waals surface area (Å²) < 4.78 is 5.09. The molecule has 1 amide bonds. The van der Waals surface area contributed by atoms with Crippen LogP contribution in [0.25, 0.3) is 0 Å². The molecule has 2 rings (SSSR count). The smallest absolute Gasteiger partial charge is 0.254 e. The van der Waals surface area contributed by atoms with Crippen LogP contribution in [0.2, 0.25) is 0 Å². The highest BCUT2D eigenvalue weighted by Gasteiger charge is 2.18. The summed E-state index contributed by atoms with van der Waals surface area (Å²) in [6.45, 7) is 1.84. The first-order valence-electron chi connectivity index (χ1n) is 5.12. The van der Waals surface area contributed by atoms with Crippen molar-refractivity contribution in [3.05, 3.63) is 23.7 Å². The summed E-state index contributed by atoms with van der Waals surface area (Å²) in [7, 11) is 0. The van der Waals surface area contributed by atoms with Crippen molar-refractivity contribution in [3.63, 3.8) is 0 Å². The van der Waals surface area contributed by atoms with Gasteiger partial charge in [-0.05, 0) is 25.8 Å². The third-order valence-electron chi connectivity index (χ3n) is 2.68. The monoisotopic (exact) mass is 193 g/mol. The fraction of sp³-hybridized carbons (Fsp3) is 0.545. The Morgan fingerprint density at radius 1 is 1.50 bits per heavy atom. The van der Waals surface area contributed by atoms with Crippen LogP contribution < -0.4 is 5.32 Å². The molecule has 1 aliphatic carbocycles. The highest BCUT2D eigenvalue weighted by molar-refractivity contribution is 5.94. The van der Waals surface area contributed by atoms with Gasteiger partial charge in [-0.15, -0.1) is 0 Å². The van der Waals surface area contributed by atoms with Crippen LogP contribution in [0.4, 0.5) is 0 Å². The molecule has 14 heavy (non-hydrogen) atoms. The van der Waals surface area contributed by atoms with Crippen LogP contribution in [0.1, 0.15) is 41.8 Å². The Bertz CT molecular complexity index is 324. The summed E-state index contributed by atoms with van der Waals surface area (Å²) in [5, 5.41) is 3.01. The molecular formula is C11H15NO2. The van der Waals surface area contributed by atoms with Crippen LogP contribution in [-0.2, 0) is 0 Å². The van der Waals surface area contributed by atoms with Crippen molar-refractivity contribution in [2.45, 2.75) is 38.6 Å². The molecule has 1 aliphatic rings. The van der Waals surface area contributed by atoms with E-state index in [4.69, 9.17) is 4.42 Å². The van der Waals surface area contributed by atoms with E-state index < -0.39 is 0 Å². The SMILES string of the molecule is Cc1cc(C(=O)NC2CCCC2)co1. The first kappa shape index (κ1) is 9.31. The number of amides is 1. The minimum Gasteiger partial charge on any atom is -0.469 e. The van der Waals surface area contributed by atoms with E-state index in [2.05, 4.69) is 5.32 Å². The van der Waals surface area contributed by atoms with Crippen LogP contribution in [0.15, 0.2) is 16.7 Å². The molecule has 0 saturated heterocycles. The molecule has 1 aromatic heterocycles. The maximum atomic E-state index is 11.6. The Labute approximate surface area is 83.5 Å². The number of furan rings is 1. The first-order valence-corrected chi connectivity index (χ1v) is 5.12. The molecule has 0 aliphatic heterocycles. The molecule has 0 atom stereocenters. The maximum Gasteiger partial charge on any atom is 0.254 e. The molecule has 76 valence electrons. The average molecular weight is 193 g/mol. The van der Waals surface area contributed by atoms with E-state index in [1.807, 2.05) is 6.92 Å². The number of carbonyl (C=O) groups is 1. The van der Waals surface area contributed by atoms with Gasteiger partial charge in [0.2, 0.25) is 0 Å². The highest BCUT2D eigenvalue weighted by Crippen LogP contribution is 2.18. The Morgan fingerprint density at radius 3 is 2.79 bits per heavy atom. The zero-order valence-corrected chi connectivity index (χ0v) is 8.38. The quantitative estimate of drug-likeness (QED) is 0.782. The van der Waals surface area contributed by atoms with Crippen molar-refractivity contribution < 1.29 is 9.21 Å². The lowest BCUT2D eigenvalue weighted by Gasteiger charge is -2.09. The van der Waals surface area contributed by atoms with Gasteiger partial charge in [-0.25, -0.2) is 0 Å². The summed E-state index contributed by atoms with van der Waals surface area (Å²) in [6, 6.07) is 2.14. The Balaban J connectivity index is 1.95. The molecule has 0 unspecified atom stereocenters. The zero-order chi connectivity index (χ0) is 9.97. The van der Waals surface area contributed by atoms with Crippen LogP contribution in [0.5, 0.6) is 0 Å². The number of rotatable bonds is 2. The summed E-state index contributed by atoms with van der Waals surface area (Å²) >= 11 is 0. The van der Waals surface area contributed by atoms with Gasteiger partial charge in [0.05, 0.1) is 5.56 Å². The minimum absolute atomic E-state index is 0.00579. The topological polar surface area (TPSA) is 42.2 Å². The van der Waals surface area contributed by atoms with Crippen molar-refractivity contribution in [2.75, 3.05) is 0 Å². The van der Waals surface area contributed by atoms with Crippen molar-refractivity contribution in [2.24, 2.45) is 0 Å². The van der Waals surface area contributed by atoms with Gasteiger partial charge in [-0.2, -0.15) is 0 Å². The van der Waals surface area contributed by atoms with Gasteiger partial charge in [0, 0.05) is 6.04 Å². The molecular weight excluding hydrogens is 178 g/mol. The molecule has 1 saturated carbocycles. The van der Waals surface area contributed by atoms with Gasteiger partial charge < -0.3 is 9.73 Å². The van der Waals surface area contributed by atoms with E-state index in [1.54, 1.807) is 6.07 Å². The van der Waals surface area contributed by atoms with Gasteiger partial charge in [0.25, 0.3) is 5.91 Å². The van der Waals surface area contributed by atoms with E-state index in [-0.39, 0.29) is 5.91 Å². The molecule has 1 N–H and O–H groups in total. The fourth-order valence-electron chi connectivity index (χ4n) is 1.90. The van der Waals surface area contributed by atoms with Crippen LogP contribution in [0.3, 0.4) is 0 Å². The van der Waals surface area contributed by atoms with Gasteiger partial charge in [0.15, 0.2) is 0 Å². The molecule has 0 bridgehead atoms. The lowest BCUT2D eigenvalue weighted by atomic mass is 10.2. The van der Waals surface area contributed by atoms with Crippen LogP contribution >= 0.6 is 0 Å². The molecule has 1 aromatic rings. The molecule has 3 heteroatoms. The standard InChI is InChI=1S/C11H15NO2/c1-8-6-9(7-14-8)11(13)12-10-4-2-3-5-10/h6-7,10H,2-5H2,1H3,(H,12,13). The van der Waals surface area contributed by atoms with Crippen molar-refractivity contribution in [1.82, 2.24) is 5.32 Å². The Hall–Kier alpha value is -1.25. The van der Waals surface area contributed by atoms with E-state index in [9.17, 15) is 4.79 Å². The van der Waals surface area contributed by atoms with Crippen LogP contribution in [0, 0.1) is 6.92 Å². The zero-order valence-electron chi connectivity index (χ0n) is 8.38. The van der Waals surface area contributed by atoms with Gasteiger partial charge in [-0.1, -0.05) is 12.8 Å². The van der Waals surface area contributed by atoms with Crippen LogP contribution in [-0.4, -0.2) is 11.9 Å². The third-order valence-corrected chi connectivity index (χ3v) is 2.68. The molecule has 1 heterocycles. The third kappa shape index (κ3) is 1.97. The van der Waals surface area contributed by atoms with Crippen molar-refractivity contribution in [1.29, 1.82) is 0 Å². The minimum atomic E-state index is -0.00579. The second kappa shape index (κ2) is 3.86. The number of nitrogens with one attached hydrogen (secondary N) is 1. The summed E-state index contributed by atoms with van der Waals surface area (Å²) in [4.78, 5) is 11.6. The largest absolute Gasteiger partial charge is 0.469 e. The summed E-state index contributed by atoms with van der Waals surface area (Å²) in [6.07, 6.45) is 6.20. The lowest BCUT2D eigenvalue weighted by molar-refractivity contribution is 0.0937. The van der Waals surface area contributed by atoms with Gasteiger partial charge >= 0.3 is 0 Å². The molecule has 3 nitrogen and oxygen atoms in total. The second-order valence-electron chi connectivity index (χ2n) is 3.90. The van der Waals surface area contributed by atoms with Crippen molar-refractivity contribution in [3.8, 4) is 0 Å². The average Bonchev–Trinajstić information content (AvgIpc) is 2.75. The van der Waals surface area contributed by atoms with Gasteiger partial charge in [-0.3, -0.25) is 4.79 Å². The maximum absolute atomic E-state index is 11.6. The molecule has 0 aromatic carbocycles. The normalized spacial score (nSPS) is 17.2. The summed E-state index contributed by atoms with van der Waals surface area (Å²) in [5.74, 6) is 0.773. The predicted molar refractivity (Wildman–Crippen MR) is 53.2 cm³/mol.